The molecular weight excluding hydrogens is 182 g/mol. The van der Waals surface area contributed by atoms with Crippen molar-refractivity contribution in [3.05, 3.63) is 0 Å². The van der Waals surface area contributed by atoms with Crippen LogP contribution in [0.15, 0.2) is 0 Å². The number of carboxylic acids is 1. The molecule has 0 spiro atoms. The molecule has 0 aromatic carbocycles. The van der Waals surface area contributed by atoms with Gasteiger partial charge < -0.3 is 10.8 Å². The summed E-state index contributed by atoms with van der Waals surface area (Å²) in [7, 11) is 0. The van der Waals surface area contributed by atoms with Gasteiger partial charge in [0.25, 0.3) is 0 Å². The van der Waals surface area contributed by atoms with Gasteiger partial charge in [-0.15, -0.1) is 0 Å². The lowest BCUT2D eigenvalue weighted by molar-refractivity contribution is -0.141. The van der Waals surface area contributed by atoms with E-state index in [1.165, 1.54) is 0 Å². The first-order valence-corrected chi connectivity index (χ1v) is 4.43. The third-order valence-corrected chi connectivity index (χ3v) is 2.81. The molecule has 0 radical (unpaired) electrons. The summed E-state index contributed by atoms with van der Waals surface area (Å²) in [5, 5.41) is 8.40. The number of aliphatic carboxylic acids is 1. The predicted octanol–water partition coefficient (Wildman–Crippen LogP) is 0.263. The monoisotopic (exact) mass is 195 g/mol. The third-order valence-electron chi connectivity index (χ3n) is 1.60. The first-order chi connectivity index (χ1) is 5.00. The minimum absolute atomic E-state index is 0.163. The van der Waals surface area contributed by atoms with Gasteiger partial charge >= 0.3 is 5.97 Å². The van der Waals surface area contributed by atoms with Crippen molar-refractivity contribution in [1.82, 2.24) is 0 Å². The molecule has 0 rings (SSSR count). The van der Waals surface area contributed by atoms with Crippen molar-refractivity contribution in [2.75, 3.05) is 5.75 Å². The van der Waals surface area contributed by atoms with Crippen LogP contribution in [0.3, 0.4) is 0 Å². The van der Waals surface area contributed by atoms with Crippen LogP contribution in [0.2, 0.25) is 0 Å². The number of thiol groups is 2. The van der Waals surface area contributed by atoms with Gasteiger partial charge in [-0.05, 0) is 0 Å². The number of carbonyl (C=O) groups is 1. The van der Waals surface area contributed by atoms with E-state index in [0.29, 0.717) is 5.75 Å². The van der Waals surface area contributed by atoms with Crippen molar-refractivity contribution in [2.45, 2.75) is 18.2 Å². The summed E-state index contributed by atoms with van der Waals surface area (Å²) in [4.78, 5) is 10.4. The molecule has 3 atom stereocenters. The van der Waals surface area contributed by atoms with Gasteiger partial charge in [0.15, 0.2) is 0 Å². The molecule has 0 aliphatic carbocycles. The maximum absolute atomic E-state index is 10.4. The SMILES string of the molecule is CC(C(=O)O)C(N)C(S)CS. The molecule has 66 valence electrons. The van der Waals surface area contributed by atoms with E-state index in [2.05, 4.69) is 25.3 Å². The van der Waals surface area contributed by atoms with Crippen LogP contribution in [-0.4, -0.2) is 28.1 Å². The van der Waals surface area contributed by atoms with Crippen LogP contribution < -0.4 is 5.73 Å². The zero-order valence-electron chi connectivity index (χ0n) is 6.27. The Bertz CT molecular complexity index is 143. The molecule has 0 aromatic rings. The Morgan fingerprint density at radius 2 is 2.18 bits per heavy atom. The summed E-state index contributed by atoms with van der Waals surface area (Å²) >= 11 is 8.06. The van der Waals surface area contributed by atoms with E-state index in [4.69, 9.17) is 10.8 Å². The van der Waals surface area contributed by atoms with E-state index in [-0.39, 0.29) is 5.25 Å². The van der Waals surface area contributed by atoms with Crippen molar-refractivity contribution in [3.63, 3.8) is 0 Å². The molecule has 0 amide bonds. The number of hydrogen-bond donors (Lipinski definition) is 4. The fourth-order valence-electron chi connectivity index (χ4n) is 0.620. The van der Waals surface area contributed by atoms with Crippen LogP contribution >= 0.6 is 25.3 Å². The van der Waals surface area contributed by atoms with Gasteiger partial charge in [-0.3, -0.25) is 4.79 Å². The normalized spacial score (nSPS) is 18.9. The van der Waals surface area contributed by atoms with Gasteiger partial charge in [0.1, 0.15) is 0 Å². The van der Waals surface area contributed by atoms with E-state index in [1.807, 2.05) is 0 Å². The molecule has 3 unspecified atom stereocenters. The maximum Gasteiger partial charge on any atom is 0.307 e. The van der Waals surface area contributed by atoms with Gasteiger partial charge in [0, 0.05) is 17.0 Å². The van der Waals surface area contributed by atoms with Crippen LogP contribution in [0, 0.1) is 5.92 Å². The third kappa shape index (κ3) is 3.35. The Hall–Kier alpha value is 0.130. The van der Waals surface area contributed by atoms with E-state index in [0.717, 1.165) is 0 Å². The van der Waals surface area contributed by atoms with Crippen molar-refractivity contribution in [2.24, 2.45) is 11.7 Å². The summed E-state index contributed by atoms with van der Waals surface area (Å²) in [6.07, 6.45) is 0. The van der Waals surface area contributed by atoms with Crippen LogP contribution in [0.4, 0.5) is 0 Å². The summed E-state index contributed by atoms with van der Waals surface area (Å²) in [6, 6.07) is -0.437. The molecule has 0 aromatic heterocycles. The molecule has 0 aliphatic heterocycles. The fraction of sp³-hybridized carbons (Fsp3) is 0.833. The second-order valence-corrected chi connectivity index (χ2v) is 3.48. The lowest BCUT2D eigenvalue weighted by Gasteiger charge is -2.20. The standard InChI is InChI=1S/C6H13NO2S2/c1-3(6(8)9)5(7)4(11)2-10/h3-5,10-11H,2,7H2,1H3,(H,8,9). The minimum atomic E-state index is -0.890. The summed E-state index contributed by atoms with van der Waals surface area (Å²) < 4.78 is 0. The molecule has 0 saturated carbocycles. The Morgan fingerprint density at radius 1 is 1.73 bits per heavy atom. The van der Waals surface area contributed by atoms with Crippen LogP contribution in [0.1, 0.15) is 6.92 Å². The molecule has 11 heavy (non-hydrogen) atoms. The van der Waals surface area contributed by atoms with Crippen LogP contribution in [-0.2, 0) is 4.79 Å². The number of rotatable bonds is 4. The van der Waals surface area contributed by atoms with Gasteiger partial charge in [0.05, 0.1) is 5.92 Å². The molecule has 3 N–H and O–H groups in total. The second kappa shape index (κ2) is 4.90. The average molecular weight is 195 g/mol. The average Bonchev–Trinajstić information content (AvgIpc) is 2.00. The van der Waals surface area contributed by atoms with Gasteiger partial charge in [-0.25, -0.2) is 0 Å². The zero-order valence-corrected chi connectivity index (χ0v) is 8.06. The topological polar surface area (TPSA) is 63.3 Å². The Morgan fingerprint density at radius 3 is 2.45 bits per heavy atom. The summed E-state index contributed by atoms with van der Waals surface area (Å²) in [6.45, 7) is 1.57. The maximum atomic E-state index is 10.4. The number of nitrogens with two attached hydrogens (primary N) is 1. The van der Waals surface area contributed by atoms with Gasteiger partial charge in [-0.2, -0.15) is 25.3 Å². The zero-order chi connectivity index (χ0) is 9.02. The summed E-state index contributed by atoms with van der Waals surface area (Å²) in [5.41, 5.74) is 5.57. The summed E-state index contributed by atoms with van der Waals surface area (Å²) in [5.74, 6) is -0.968. The molecule has 5 heteroatoms. The lowest BCUT2D eigenvalue weighted by atomic mass is 10.0. The molecule has 0 saturated heterocycles. The first kappa shape index (κ1) is 11.1. The second-order valence-electron chi connectivity index (χ2n) is 2.45. The van der Waals surface area contributed by atoms with E-state index >= 15 is 0 Å². The van der Waals surface area contributed by atoms with E-state index < -0.39 is 17.9 Å². The van der Waals surface area contributed by atoms with Crippen molar-refractivity contribution in [1.29, 1.82) is 0 Å². The highest BCUT2D eigenvalue weighted by atomic mass is 32.1. The largest absolute Gasteiger partial charge is 0.481 e. The lowest BCUT2D eigenvalue weighted by Crippen LogP contribution is -2.41. The quantitative estimate of drug-likeness (QED) is 0.487. The van der Waals surface area contributed by atoms with Crippen LogP contribution in [0.5, 0.6) is 0 Å². The van der Waals surface area contributed by atoms with Gasteiger partial charge in [0.2, 0.25) is 0 Å². The Labute approximate surface area is 77.2 Å². The number of carboxylic acid groups (broad SMARTS) is 1. The molecule has 0 fully saturated rings. The highest BCUT2D eigenvalue weighted by Crippen LogP contribution is 2.11. The molecule has 0 heterocycles. The van der Waals surface area contributed by atoms with Crippen LogP contribution in [0.25, 0.3) is 0 Å². The highest BCUT2D eigenvalue weighted by Gasteiger charge is 2.24. The van der Waals surface area contributed by atoms with Crippen molar-refractivity contribution >= 4 is 31.2 Å². The smallest absolute Gasteiger partial charge is 0.307 e. The Balaban J connectivity index is 4.00. The first-order valence-electron chi connectivity index (χ1n) is 3.28. The molecule has 0 aliphatic rings. The molecule has 3 nitrogen and oxygen atoms in total. The molecule has 0 bridgehead atoms. The predicted molar refractivity (Wildman–Crippen MR) is 51.4 cm³/mol. The van der Waals surface area contributed by atoms with E-state index in [9.17, 15) is 4.79 Å². The fourth-order valence-corrected chi connectivity index (χ4v) is 1.12. The Kier molecular flexibility index (Phi) is 4.96. The van der Waals surface area contributed by atoms with Crippen molar-refractivity contribution < 1.29 is 9.90 Å². The van der Waals surface area contributed by atoms with Gasteiger partial charge in [-0.1, -0.05) is 6.92 Å². The number of hydrogen-bond acceptors (Lipinski definition) is 4. The minimum Gasteiger partial charge on any atom is -0.481 e. The van der Waals surface area contributed by atoms with E-state index in [1.54, 1.807) is 6.92 Å². The van der Waals surface area contributed by atoms with Crippen molar-refractivity contribution in [3.8, 4) is 0 Å². The highest BCUT2D eigenvalue weighted by molar-refractivity contribution is 7.84. The molecular formula is C6H13NO2S2.